The third-order valence-electron chi connectivity index (χ3n) is 6.45. The quantitative estimate of drug-likeness (QED) is 0.271. The smallest absolute Gasteiger partial charge is 0.251 e. The van der Waals surface area contributed by atoms with Gasteiger partial charge in [-0.1, -0.05) is 97.1 Å². The molecule has 0 radical (unpaired) electrons. The van der Waals surface area contributed by atoms with Crippen LogP contribution in [0.5, 0.6) is 0 Å². The van der Waals surface area contributed by atoms with Crippen LogP contribution in [0.25, 0.3) is 0 Å². The molecule has 0 bridgehead atoms. The number of nitrogens with one attached hydrogen (secondary N) is 2. The fourth-order valence-corrected chi connectivity index (χ4v) is 4.40. The second-order valence-electron chi connectivity index (χ2n) is 9.31. The zero-order valence-corrected chi connectivity index (χ0v) is 21.3. The third kappa shape index (κ3) is 8.00. The van der Waals surface area contributed by atoms with E-state index >= 15 is 0 Å². The van der Waals surface area contributed by atoms with Crippen molar-refractivity contribution in [1.82, 2.24) is 10.6 Å². The molecule has 0 heterocycles. The topological polar surface area (TPSA) is 75.3 Å². The number of amides is 2. The van der Waals surface area contributed by atoms with Crippen molar-refractivity contribution in [2.24, 2.45) is 0 Å². The summed E-state index contributed by atoms with van der Waals surface area (Å²) in [7, 11) is 0. The first kappa shape index (κ1) is 26.6. The molecule has 192 valence electrons. The van der Waals surface area contributed by atoms with Crippen molar-refractivity contribution in [2.45, 2.75) is 37.8 Å². The number of hydrogen-bond donors (Lipinski definition) is 2. The number of carbonyl (C=O) groups excluding carboxylic acids is 3. The van der Waals surface area contributed by atoms with Gasteiger partial charge in [0.25, 0.3) is 11.8 Å². The molecule has 5 heteroatoms. The van der Waals surface area contributed by atoms with E-state index in [0.29, 0.717) is 30.4 Å². The zero-order chi connectivity index (χ0) is 26.6. The Bertz CT molecular complexity index is 1310. The van der Waals surface area contributed by atoms with Crippen LogP contribution in [0.2, 0.25) is 0 Å². The Morgan fingerprint density at radius 1 is 0.526 bits per heavy atom. The highest BCUT2D eigenvalue weighted by atomic mass is 16.2. The van der Waals surface area contributed by atoms with Gasteiger partial charge in [-0.2, -0.15) is 0 Å². The van der Waals surface area contributed by atoms with Gasteiger partial charge >= 0.3 is 0 Å². The molecule has 0 spiro atoms. The van der Waals surface area contributed by atoms with Crippen LogP contribution in [0.4, 0.5) is 0 Å². The standard InChI is InChI=1S/C33H32N2O3/c36-31(30(24-26-15-7-2-8-16-26)35-33(38)28-19-11-4-12-20-28)22-21-29(23-25-13-5-1-6-14-25)34-32(37)27-17-9-3-10-18-27/h1-20,29-30H,21-24H2,(H,34,37)(H,35,38). The molecule has 2 atom stereocenters. The first-order valence-corrected chi connectivity index (χ1v) is 12.9. The number of rotatable bonds is 12. The molecule has 0 fully saturated rings. The second-order valence-corrected chi connectivity index (χ2v) is 9.31. The maximum Gasteiger partial charge on any atom is 0.251 e. The minimum atomic E-state index is -0.674. The monoisotopic (exact) mass is 504 g/mol. The van der Waals surface area contributed by atoms with Crippen LogP contribution >= 0.6 is 0 Å². The third-order valence-corrected chi connectivity index (χ3v) is 6.45. The Morgan fingerprint density at radius 2 is 0.947 bits per heavy atom. The maximum absolute atomic E-state index is 13.5. The van der Waals surface area contributed by atoms with E-state index < -0.39 is 6.04 Å². The average Bonchev–Trinajstić information content (AvgIpc) is 2.97. The Balaban J connectivity index is 1.47. The molecule has 38 heavy (non-hydrogen) atoms. The molecule has 4 aromatic rings. The van der Waals surface area contributed by atoms with Crippen LogP contribution in [-0.2, 0) is 17.6 Å². The number of ketones is 1. The van der Waals surface area contributed by atoms with E-state index in [2.05, 4.69) is 10.6 Å². The highest BCUT2D eigenvalue weighted by Crippen LogP contribution is 2.13. The normalized spacial score (nSPS) is 12.2. The molecule has 2 amide bonds. The highest BCUT2D eigenvalue weighted by molar-refractivity contribution is 5.98. The van der Waals surface area contributed by atoms with Crippen LogP contribution in [-0.4, -0.2) is 29.7 Å². The number of hydrogen-bond acceptors (Lipinski definition) is 3. The summed E-state index contributed by atoms with van der Waals surface area (Å²) in [5.74, 6) is -0.513. The van der Waals surface area contributed by atoms with Gasteiger partial charge in [0, 0.05) is 23.6 Å². The van der Waals surface area contributed by atoms with E-state index in [9.17, 15) is 14.4 Å². The molecule has 2 N–H and O–H groups in total. The van der Waals surface area contributed by atoms with Gasteiger partial charge in [0.05, 0.1) is 6.04 Å². The summed E-state index contributed by atoms with van der Waals surface area (Å²) in [6.45, 7) is 0. The lowest BCUT2D eigenvalue weighted by atomic mass is 9.95. The van der Waals surface area contributed by atoms with Gasteiger partial charge in [-0.25, -0.2) is 0 Å². The average molecular weight is 505 g/mol. The summed E-state index contributed by atoms with van der Waals surface area (Å²) in [5.41, 5.74) is 3.14. The van der Waals surface area contributed by atoms with Gasteiger partial charge in [-0.15, -0.1) is 0 Å². The molecule has 2 unspecified atom stereocenters. The molecule has 0 saturated carbocycles. The van der Waals surface area contributed by atoms with Crippen LogP contribution in [0, 0.1) is 0 Å². The van der Waals surface area contributed by atoms with Crippen LogP contribution in [0.3, 0.4) is 0 Å². The van der Waals surface area contributed by atoms with Crippen molar-refractivity contribution < 1.29 is 14.4 Å². The van der Waals surface area contributed by atoms with Crippen molar-refractivity contribution in [2.75, 3.05) is 0 Å². The largest absolute Gasteiger partial charge is 0.349 e. The Hall–Kier alpha value is -4.51. The van der Waals surface area contributed by atoms with Gasteiger partial charge in [0.1, 0.15) is 0 Å². The second kappa shape index (κ2) is 13.7. The SMILES string of the molecule is O=C(NC(CCC(=O)C(Cc1ccccc1)NC(=O)c1ccccc1)Cc1ccccc1)c1ccccc1. The Morgan fingerprint density at radius 3 is 1.45 bits per heavy atom. The molecule has 0 aliphatic carbocycles. The van der Waals surface area contributed by atoms with Crippen molar-refractivity contribution in [3.63, 3.8) is 0 Å². The van der Waals surface area contributed by atoms with Crippen molar-refractivity contribution >= 4 is 17.6 Å². The molecule has 4 aromatic carbocycles. The predicted octanol–water partition coefficient (Wildman–Crippen LogP) is 5.42. The van der Waals surface area contributed by atoms with Gasteiger partial charge in [0.2, 0.25) is 0 Å². The van der Waals surface area contributed by atoms with Crippen LogP contribution in [0.1, 0.15) is 44.7 Å². The summed E-state index contributed by atoms with van der Waals surface area (Å²) >= 11 is 0. The lowest BCUT2D eigenvalue weighted by molar-refractivity contribution is -0.121. The summed E-state index contributed by atoms with van der Waals surface area (Å²) < 4.78 is 0. The van der Waals surface area contributed by atoms with Gasteiger partial charge in [-0.3, -0.25) is 14.4 Å². The van der Waals surface area contributed by atoms with Crippen molar-refractivity contribution in [3.05, 3.63) is 144 Å². The first-order chi connectivity index (χ1) is 18.6. The highest BCUT2D eigenvalue weighted by Gasteiger charge is 2.24. The molecule has 0 aliphatic rings. The lowest BCUT2D eigenvalue weighted by Gasteiger charge is -2.22. The van der Waals surface area contributed by atoms with Gasteiger partial charge in [0.15, 0.2) is 5.78 Å². The number of Topliss-reactive ketones (excluding diaryl/α,β-unsaturated/α-hetero) is 1. The van der Waals surface area contributed by atoms with Crippen LogP contribution in [0.15, 0.2) is 121 Å². The van der Waals surface area contributed by atoms with Gasteiger partial charge < -0.3 is 10.6 Å². The van der Waals surface area contributed by atoms with E-state index in [1.807, 2.05) is 84.9 Å². The Kier molecular flexibility index (Phi) is 9.57. The van der Waals surface area contributed by atoms with E-state index in [-0.39, 0.29) is 30.1 Å². The molecular formula is C33H32N2O3. The molecular weight excluding hydrogens is 472 g/mol. The minimum Gasteiger partial charge on any atom is -0.349 e. The van der Waals surface area contributed by atoms with Crippen molar-refractivity contribution in [1.29, 1.82) is 0 Å². The number of benzene rings is 4. The predicted molar refractivity (Wildman–Crippen MR) is 150 cm³/mol. The lowest BCUT2D eigenvalue weighted by Crippen LogP contribution is -2.43. The summed E-state index contributed by atoms with van der Waals surface area (Å²) in [6.07, 6.45) is 1.68. The molecule has 5 nitrogen and oxygen atoms in total. The summed E-state index contributed by atoms with van der Waals surface area (Å²) in [6, 6.07) is 36.6. The molecule has 0 saturated heterocycles. The fourth-order valence-electron chi connectivity index (χ4n) is 4.40. The van der Waals surface area contributed by atoms with Crippen molar-refractivity contribution in [3.8, 4) is 0 Å². The molecule has 4 rings (SSSR count). The Labute approximate surface area is 223 Å². The maximum atomic E-state index is 13.5. The van der Waals surface area contributed by atoms with Crippen LogP contribution < -0.4 is 10.6 Å². The fraction of sp³-hybridized carbons (Fsp3) is 0.182. The summed E-state index contributed by atoms with van der Waals surface area (Å²) in [5, 5.41) is 6.06. The summed E-state index contributed by atoms with van der Waals surface area (Å²) in [4.78, 5) is 39.3. The van der Waals surface area contributed by atoms with Gasteiger partial charge in [-0.05, 0) is 54.7 Å². The minimum absolute atomic E-state index is 0.0647. The van der Waals surface area contributed by atoms with E-state index in [1.54, 1.807) is 36.4 Å². The number of carbonyl (C=O) groups is 3. The van der Waals surface area contributed by atoms with E-state index in [1.165, 1.54) is 0 Å². The first-order valence-electron chi connectivity index (χ1n) is 12.9. The zero-order valence-electron chi connectivity index (χ0n) is 21.3. The van der Waals surface area contributed by atoms with E-state index in [0.717, 1.165) is 11.1 Å². The molecule has 0 aromatic heterocycles. The van der Waals surface area contributed by atoms with E-state index in [4.69, 9.17) is 0 Å². The molecule has 0 aliphatic heterocycles.